The van der Waals surface area contributed by atoms with Crippen LogP contribution in [0, 0.1) is 5.82 Å². The highest BCUT2D eigenvalue weighted by Gasteiger charge is 2.20. The number of pyridine rings is 1. The summed E-state index contributed by atoms with van der Waals surface area (Å²) in [6, 6.07) is 8.06. The number of benzene rings is 1. The smallest absolute Gasteiger partial charge is 0.160 e. The van der Waals surface area contributed by atoms with Crippen molar-refractivity contribution in [3.05, 3.63) is 47.4 Å². The van der Waals surface area contributed by atoms with Gasteiger partial charge in [0.2, 0.25) is 0 Å². The molecular formula is C16H16ClFN4. The molecule has 22 heavy (non-hydrogen) atoms. The summed E-state index contributed by atoms with van der Waals surface area (Å²) in [5.74, 6) is 0.317. The van der Waals surface area contributed by atoms with E-state index in [0.717, 1.165) is 0 Å². The number of hydrogen-bond donors (Lipinski definition) is 1. The second-order valence-electron chi connectivity index (χ2n) is 6.02. The molecule has 0 bridgehead atoms. The zero-order chi connectivity index (χ0) is 15.9. The van der Waals surface area contributed by atoms with E-state index in [0.29, 0.717) is 34.1 Å². The highest BCUT2D eigenvalue weighted by atomic mass is 35.5. The monoisotopic (exact) mass is 318 g/mol. The van der Waals surface area contributed by atoms with Crippen LogP contribution in [-0.2, 0) is 6.54 Å². The lowest BCUT2D eigenvalue weighted by Crippen LogP contribution is -2.37. The van der Waals surface area contributed by atoms with Crippen LogP contribution in [0.15, 0.2) is 36.5 Å². The van der Waals surface area contributed by atoms with Crippen LogP contribution in [0.4, 0.5) is 4.39 Å². The molecule has 3 aromatic rings. The summed E-state index contributed by atoms with van der Waals surface area (Å²) < 4.78 is 15.4. The van der Waals surface area contributed by atoms with E-state index in [9.17, 15) is 4.39 Å². The first-order chi connectivity index (χ1) is 10.3. The van der Waals surface area contributed by atoms with Crippen LogP contribution in [-0.4, -0.2) is 20.1 Å². The lowest BCUT2D eigenvalue weighted by Gasteiger charge is -2.21. The van der Waals surface area contributed by atoms with Gasteiger partial charge in [0.15, 0.2) is 5.65 Å². The second-order valence-corrected chi connectivity index (χ2v) is 6.45. The first-order valence-electron chi connectivity index (χ1n) is 6.90. The van der Waals surface area contributed by atoms with Crippen LogP contribution < -0.4 is 5.73 Å². The molecule has 1 aromatic carbocycles. The Morgan fingerprint density at radius 2 is 2.09 bits per heavy atom. The third kappa shape index (κ3) is 2.96. The number of nitrogens with two attached hydrogens (primary N) is 1. The molecule has 4 nitrogen and oxygen atoms in total. The average molecular weight is 319 g/mol. The van der Waals surface area contributed by atoms with Gasteiger partial charge in [-0.3, -0.25) is 0 Å². The first-order valence-corrected chi connectivity index (χ1v) is 7.28. The van der Waals surface area contributed by atoms with Gasteiger partial charge < -0.3 is 10.3 Å². The van der Waals surface area contributed by atoms with E-state index < -0.39 is 5.54 Å². The molecule has 0 aliphatic rings. The summed E-state index contributed by atoms with van der Waals surface area (Å²) in [5, 5.41) is 0.509. The number of nitrogens with zero attached hydrogens (tertiary/aromatic N) is 3. The maximum atomic E-state index is 13.5. The van der Waals surface area contributed by atoms with Crippen molar-refractivity contribution in [1.29, 1.82) is 0 Å². The molecule has 0 aliphatic carbocycles. The van der Waals surface area contributed by atoms with Crippen molar-refractivity contribution in [2.45, 2.75) is 25.9 Å². The summed E-state index contributed by atoms with van der Waals surface area (Å²) >= 11 is 5.99. The topological polar surface area (TPSA) is 56.7 Å². The highest BCUT2D eigenvalue weighted by Crippen LogP contribution is 2.27. The Balaban J connectivity index is 2.25. The fraction of sp³-hybridized carbons (Fsp3) is 0.250. The second kappa shape index (κ2) is 5.34. The van der Waals surface area contributed by atoms with Gasteiger partial charge >= 0.3 is 0 Å². The minimum atomic E-state index is -0.461. The number of aromatic nitrogens is 3. The maximum Gasteiger partial charge on any atom is 0.160 e. The molecule has 6 heteroatoms. The van der Waals surface area contributed by atoms with E-state index in [1.807, 2.05) is 24.5 Å². The van der Waals surface area contributed by atoms with Crippen molar-refractivity contribution < 1.29 is 4.39 Å². The largest absolute Gasteiger partial charge is 0.324 e. The summed E-state index contributed by atoms with van der Waals surface area (Å²) in [5.41, 5.74) is 7.71. The highest BCUT2D eigenvalue weighted by molar-refractivity contribution is 6.31. The Hall–Kier alpha value is -1.98. The van der Waals surface area contributed by atoms with Crippen LogP contribution >= 0.6 is 11.6 Å². The molecule has 0 fully saturated rings. The van der Waals surface area contributed by atoms with Crippen molar-refractivity contribution in [1.82, 2.24) is 14.5 Å². The zero-order valence-corrected chi connectivity index (χ0v) is 13.1. The zero-order valence-electron chi connectivity index (χ0n) is 12.3. The first kappa shape index (κ1) is 14.9. The molecule has 114 valence electrons. The fourth-order valence-corrected chi connectivity index (χ4v) is 2.54. The normalized spacial score (nSPS) is 12.0. The predicted molar refractivity (Wildman–Crippen MR) is 86.2 cm³/mol. The minimum Gasteiger partial charge on any atom is -0.324 e. The van der Waals surface area contributed by atoms with E-state index in [4.69, 9.17) is 17.3 Å². The van der Waals surface area contributed by atoms with Crippen molar-refractivity contribution >= 4 is 22.8 Å². The molecule has 3 rings (SSSR count). The fourth-order valence-electron chi connectivity index (χ4n) is 2.39. The Bertz CT molecular complexity index is 836. The van der Waals surface area contributed by atoms with E-state index >= 15 is 0 Å². The van der Waals surface area contributed by atoms with E-state index in [-0.39, 0.29) is 5.82 Å². The van der Waals surface area contributed by atoms with Gasteiger partial charge in [-0.15, -0.1) is 0 Å². The van der Waals surface area contributed by atoms with Crippen LogP contribution in [0.1, 0.15) is 13.8 Å². The average Bonchev–Trinajstić information content (AvgIpc) is 2.74. The molecule has 0 aliphatic heterocycles. The van der Waals surface area contributed by atoms with Gasteiger partial charge in [-0.2, -0.15) is 0 Å². The van der Waals surface area contributed by atoms with Crippen LogP contribution in [0.2, 0.25) is 5.02 Å². The molecule has 0 saturated heterocycles. The van der Waals surface area contributed by atoms with Gasteiger partial charge in [0.25, 0.3) is 0 Å². The Kier molecular flexibility index (Phi) is 3.62. The van der Waals surface area contributed by atoms with E-state index in [1.165, 1.54) is 12.1 Å². The van der Waals surface area contributed by atoms with Gasteiger partial charge in [0.1, 0.15) is 17.2 Å². The third-order valence-corrected chi connectivity index (χ3v) is 3.41. The van der Waals surface area contributed by atoms with E-state index in [1.54, 1.807) is 18.3 Å². The predicted octanol–water partition coefficient (Wildman–Crippen LogP) is 3.63. The van der Waals surface area contributed by atoms with Crippen LogP contribution in [0.5, 0.6) is 0 Å². The molecule has 2 N–H and O–H groups in total. The van der Waals surface area contributed by atoms with Gasteiger partial charge in [-0.1, -0.05) is 23.7 Å². The van der Waals surface area contributed by atoms with Gasteiger partial charge in [-0.05, 0) is 32.0 Å². The van der Waals surface area contributed by atoms with Crippen LogP contribution in [0.25, 0.3) is 22.6 Å². The molecule has 0 spiro atoms. The number of fused-ring (bicyclic) bond motifs is 1. The molecule has 0 radical (unpaired) electrons. The van der Waals surface area contributed by atoms with Crippen molar-refractivity contribution in [2.24, 2.45) is 5.73 Å². The van der Waals surface area contributed by atoms with Crippen molar-refractivity contribution in [2.75, 3.05) is 0 Å². The van der Waals surface area contributed by atoms with Crippen LogP contribution in [0.3, 0.4) is 0 Å². The molecule has 2 aromatic heterocycles. The van der Waals surface area contributed by atoms with Gasteiger partial charge in [0.05, 0.1) is 5.02 Å². The number of halogens is 2. The summed E-state index contributed by atoms with van der Waals surface area (Å²) in [7, 11) is 0. The van der Waals surface area contributed by atoms with Crippen molar-refractivity contribution in [3.63, 3.8) is 0 Å². The SMILES string of the molecule is CC(C)(N)Cn1c(-c2cccc(F)c2)nc2cc(Cl)cnc21. The number of hydrogen-bond acceptors (Lipinski definition) is 3. The van der Waals surface area contributed by atoms with Crippen molar-refractivity contribution in [3.8, 4) is 11.4 Å². The molecular weight excluding hydrogens is 303 g/mol. The molecule has 0 saturated carbocycles. The molecule has 0 atom stereocenters. The molecule has 0 unspecified atom stereocenters. The lowest BCUT2D eigenvalue weighted by molar-refractivity contribution is 0.441. The van der Waals surface area contributed by atoms with E-state index in [2.05, 4.69) is 9.97 Å². The third-order valence-electron chi connectivity index (χ3n) is 3.20. The molecule has 0 amide bonds. The quantitative estimate of drug-likeness (QED) is 0.802. The Labute approximate surface area is 132 Å². The van der Waals surface area contributed by atoms with Gasteiger partial charge in [0, 0.05) is 23.8 Å². The summed E-state index contributed by atoms with van der Waals surface area (Å²) in [6.07, 6.45) is 1.57. The Morgan fingerprint density at radius 3 is 2.77 bits per heavy atom. The summed E-state index contributed by atoms with van der Waals surface area (Å²) in [6.45, 7) is 4.35. The maximum absolute atomic E-state index is 13.5. The number of imidazole rings is 1. The minimum absolute atomic E-state index is 0.311. The molecule has 2 heterocycles. The Morgan fingerprint density at radius 1 is 1.32 bits per heavy atom. The lowest BCUT2D eigenvalue weighted by atomic mass is 10.1. The number of rotatable bonds is 3. The summed E-state index contributed by atoms with van der Waals surface area (Å²) in [4.78, 5) is 8.92. The van der Waals surface area contributed by atoms with Gasteiger partial charge in [-0.25, -0.2) is 14.4 Å². The standard InChI is InChI=1S/C16H16ClFN4/c1-16(2,19)9-22-14(10-4-3-5-12(18)6-10)21-13-7-11(17)8-20-15(13)22/h3-8H,9,19H2,1-2H3.